The molecule has 5 nitrogen and oxygen atoms in total. The molecule has 28 heavy (non-hydrogen) atoms. The lowest BCUT2D eigenvalue weighted by Crippen LogP contribution is -2.48. The molecule has 1 atom stereocenters. The average Bonchev–Trinajstić information content (AvgIpc) is 3.03. The van der Waals surface area contributed by atoms with Crippen molar-refractivity contribution in [3.05, 3.63) is 35.4 Å². The zero-order valence-corrected chi connectivity index (χ0v) is 16.5. The number of ether oxygens (including phenoxy) is 1. The monoisotopic (exact) mass is 393 g/mol. The number of rotatable bonds is 3. The van der Waals surface area contributed by atoms with E-state index in [1.54, 1.807) is 6.07 Å². The van der Waals surface area contributed by atoms with Crippen molar-refractivity contribution in [2.45, 2.75) is 31.8 Å². The maximum atomic E-state index is 13.4. The summed E-state index contributed by atoms with van der Waals surface area (Å²) in [5.41, 5.74) is 0.991. The van der Waals surface area contributed by atoms with Crippen molar-refractivity contribution >= 4 is 5.91 Å². The summed E-state index contributed by atoms with van der Waals surface area (Å²) in [5, 5.41) is 0. The molecule has 3 fully saturated rings. The van der Waals surface area contributed by atoms with E-state index in [0.717, 1.165) is 44.5 Å². The normalized spacial score (nSPS) is 26.1. The maximum absolute atomic E-state index is 13.4. The largest absolute Gasteiger partial charge is 0.378 e. The summed E-state index contributed by atoms with van der Waals surface area (Å²) in [4.78, 5) is 19.4. The molecular formula is C21H29F2N3O2. The number of hydrogen-bond acceptors (Lipinski definition) is 4. The molecule has 0 aliphatic carbocycles. The van der Waals surface area contributed by atoms with Crippen LogP contribution in [0.15, 0.2) is 18.2 Å². The van der Waals surface area contributed by atoms with Crippen LogP contribution in [-0.2, 0) is 16.1 Å². The number of likely N-dealkylation sites (N-methyl/N-ethyl adjacent to an activating group) is 1. The number of carbonyl (C=O) groups excluding carboxylic acids is 1. The van der Waals surface area contributed by atoms with E-state index in [0.29, 0.717) is 32.8 Å². The predicted molar refractivity (Wildman–Crippen MR) is 102 cm³/mol. The Hall–Kier alpha value is -1.57. The lowest BCUT2D eigenvalue weighted by atomic mass is 9.76. The van der Waals surface area contributed by atoms with Gasteiger partial charge in [0.05, 0.1) is 19.3 Å². The van der Waals surface area contributed by atoms with Crippen LogP contribution in [0, 0.1) is 17.0 Å². The first-order valence-electron chi connectivity index (χ1n) is 10.2. The fraction of sp³-hybridized carbons (Fsp3) is 0.667. The Labute approximate surface area is 165 Å². The van der Waals surface area contributed by atoms with Gasteiger partial charge in [0.25, 0.3) is 0 Å². The fourth-order valence-corrected chi connectivity index (χ4v) is 4.98. The van der Waals surface area contributed by atoms with Crippen LogP contribution in [0.4, 0.5) is 8.78 Å². The number of amides is 1. The Morgan fingerprint density at radius 2 is 1.86 bits per heavy atom. The summed E-state index contributed by atoms with van der Waals surface area (Å²) < 4.78 is 31.9. The van der Waals surface area contributed by atoms with Gasteiger partial charge in [-0.3, -0.25) is 14.6 Å². The van der Waals surface area contributed by atoms with Crippen molar-refractivity contribution in [3.63, 3.8) is 0 Å². The van der Waals surface area contributed by atoms with Gasteiger partial charge in [0, 0.05) is 26.2 Å². The quantitative estimate of drug-likeness (QED) is 0.788. The highest BCUT2D eigenvalue weighted by Crippen LogP contribution is 2.43. The van der Waals surface area contributed by atoms with Crippen LogP contribution >= 0.6 is 0 Å². The van der Waals surface area contributed by atoms with Crippen LogP contribution in [0.3, 0.4) is 0 Å². The first kappa shape index (κ1) is 19.7. The number of likely N-dealkylation sites (tertiary alicyclic amines) is 2. The number of benzene rings is 1. The van der Waals surface area contributed by atoms with Gasteiger partial charge >= 0.3 is 0 Å². The van der Waals surface area contributed by atoms with Crippen LogP contribution in [0.25, 0.3) is 0 Å². The lowest BCUT2D eigenvalue weighted by Gasteiger charge is -2.39. The zero-order valence-electron chi connectivity index (χ0n) is 16.5. The van der Waals surface area contributed by atoms with Gasteiger partial charge in [0.2, 0.25) is 5.91 Å². The first-order chi connectivity index (χ1) is 13.5. The standard InChI is InChI=1S/C21H29F2N3O2/c1-24-15-21(13-19(24)20(27)26-8-10-28-11-9-26)4-6-25(7-5-21)14-16-2-3-17(22)18(23)12-16/h2-3,12,19H,4-11,13-15H2,1H3. The molecule has 1 unspecified atom stereocenters. The third-order valence-electron chi connectivity index (χ3n) is 6.66. The number of nitrogens with zero attached hydrogens (tertiary/aromatic N) is 3. The van der Waals surface area contributed by atoms with Gasteiger partial charge in [0.1, 0.15) is 0 Å². The van der Waals surface area contributed by atoms with Crippen LogP contribution < -0.4 is 0 Å². The van der Waals surface area contributed by atoms with E-state index >= 15 is 0 Å². The van der Waals surface area contributed by atoms with E-state index in [2.05, 4.69) is 16.8 Å². The molecule has 0 aromatic heterocycles. The van der Waals surface area contributed by atoms with Gasteiger partial charge in [-0.15, -0.1) is 0 Å². The Balaban J connectivity index is 1.33. The minimum atomic E-state index is -0.800. The Kier molecular flexibility index (Phi) is 5.67. The molecule has 3 aliphatic heterocycles. The molecule has 3 aliphatic rings. The van der Waals surface area contributed by atoms with Gasteiger partial charge in [-0.05, 0) is 62.5 Å². The number of morpholine rings is 1. The van der Waals surface area contributed by atoms with Gasteiger partial charge in [-0.25, -0.2) is 8.78 Å². The maximum Gasteiger partial charge on any atom is 0.240 e. The highest BCUT2D eigenvalue weighted by molar-refractivity contribution is 5.82. The highest BCUT2D eigenvalue weighted by Gasteiger charge is 2.47. The van der Waals surface area contributed by atoms with Crippen molar-refractivity contribution in [2.75, 3.05) is 53.0 Å². The van der Waals surface area contributed by atoms with E-state index in [-0.39, 0.29) is 17.4 Å². The van der Waals surface area contributed by atoms with Crippen LogP contribution in [0.1, 0.15) is 24.8 Å². The minimum Gasteiger partial charge on any atom is -0.378 e. The van der Waals surface area contributed by atoms with Gasteiger partial charge < -0.3 is 9.64 Å². The second kappa shape index (κ2) is 8.05. The van der Waals surface area contributed by atoms with Crippen molar-refractivity contribution in [2.24, 2.45) is 5.41 Å². The predicted octanol–water partition coefficient (Wildman–Crippen LogP) is 2.11. The summed E-state index contributed by atoms with van der Waals surface area (Å²) in [6, 6.07) is 4.11. The molecule has 3 saturated heterocycles. The molecule has 1 aromatic carbocycles. The topological polar surface area (TPSA) is 36.0 Å². The van der Waals surface area contributed by atoms with E-state index in [1.165, 1.54) is 12.1 Å². The zero-order chi connectivity index (χ0) is 19.7. The van der Waals surface area contributed by atoms with Crippen LogP contribution in [0.2, 0.25) is 0 Å². The van der Waals surface area contributed by atoms with Crippen molar-refractivity contribution < 1.29 is 18.3 Å². The van der Waals surface area contributed by atoms with Gasteiger partial charge in [-0.1, -0.05) is 6.07 Å². The molecule has 1 aromatic rings. The van der Waals surface area contributed by atoms with Crippen molar-refractivity contribution in [1.29, 1.82) is 0 Å². The highest BCUT2D eigenvalue weighted by atomic mass is 19.2. The van der Waals surface area contributed by atoms with Gasteiger partial charge in [0.15, 0.2) is 11.6 Å². The third-order valence-corrected chi connectivity index (χ3v) is 6.66. The third kappa shape index (κ3) is 4.07. The molecule has 0 radical (unpaired) electrons. The Bertz CT molecular complexity index is 716. The summed E-state index contributed by atoms with van der Waals surface area (Å²) in [6.07, 6.45) is 2.99. The number of piperidine rings is 1. The molecule has 0 N–H and O–H groups in total. The second-order valence-electron chi connectivity index (χ2n) is 8.60. The SMILES string of the molecule is CN1CC2(CCN(Cc3ccc(F)c(F)c3)CC2)CC1C(=O)N1CCOCC1. The van der Waals surface area contributed by atoms with Crippen molar-refractivity contribution in [1.82, 2.24) is 14.7 Å². The van der Waals surface area contributed by atoms with E-state index in [4.69, 9.17) is 4.74 Å². The summed E-state index contributed by atoms with van der Waals surface area (Å²) in [6.45, 7) is 6.08. The summed E-state index contributed by atoms with van der Waals surface area (Å²) in [5.74, 6) is -1.34. The first-order valence-corrected chi connectivity index (χ1v) is 10.2. The fourth-order valence-electron chi connectivity index (χ4n) is 4.98. The van der Waals surface area contributed by atoms with Crippen LogP contribution in [-0.4, -0.2) is 79.6 Å². The molecule has 1 spiro atoms. The molecule has 4 rings (SSSR count). The van der Waals surface area contributed by atoms with E-state index < -0.39 is 11.6 Å². The molecular weight excluding hydrogens is 364 g/mol. The number of hydrogen-bond donors (Lipinski definition) is 0. The average molecular weight is 393 g/mol. The molecule has 1 amide bonds. The smallest absolute Gasteiger partial charge is 0.240 e. The molecule has 0 bridgehead atoms. The molecule has 154 valence electrons. The number of carbonyl (C=O) groups is 1. The van der Waals surface area contributed by atoms with E-state index in [9.17, 15) is 13.6 Å². The lowest BCUT2D eigenvalue weighted by molar-refractivity contribution is -0.139. The number of halogens is 2. The Morgan fingerprint density at radius 1 is 1.14 bits per heavy atom. The molecule has 3 heterocycles. The molecule has 7 heteroatoms. The molecule has 0 saturated carbocycles. The van der Waals surface area contributed by atoms with E-state index in [1.807, 2.05) is 4.90 Å². The summed E-state index contributed by atoms with van der Waals surface area (Å²) >= 11 is 0. The van der Waals surface area contributed by atoms with Crippen molar-refractivity contribution in [3.8, 4) is 0 Å². The van der Waals surface area contributed by atoms with Gasteiger partial charge in [-0.2, -0.15) is 0 Å². The summed E-state index contributed by atoms with van der Waals surface area (Å²) in [7, 11) is 2.06. The van der Waals surface area contributed by atoms with Crippen LogP contribution in [0.5, 0.6) is 0 Å². The second-order valence-corrected chi connectivity index (χ2v) is 8.60. The Morgan fingerprint density at radius 3 is 2.54 bits per heavy atom. The minimum absolute atomic E-state index is 0.0316.